The Morgan fingerprint density at radius 1 is 0.661 bits per heavy atom. The first-order chi connectivity index (χ1) is 29.3. The van der Waals surface area contributed by atoms with E-state index < -0.39 is 16.6 Å². The maximum absolute atomic E-state index is 12.4. The number of hydrogen-bond acceptors (Lipinski definition) is 7. The number of hydrogen-bond donors (Lipinski definition) is 0. The van der Waals surface area contributed by atoms with Gasteiger partial charge in [0.15, 0.2) is 16.6 Å². The Labute approximate surface area is 384 Å². The first-order valence-electron chi connectivity index (χ1n) is 25.8. The maximum Gasteiger partial charge on any atom is 0.302 e. The molecule has 7 nitrogen and oxygen atoms in total. The van der Waals surface area contributed by atoms with E-state index in [2.05, 4.69) is 86.8 Å². The van der Waals surface area contributed by atoms with Gasteiger partial charge in [-0.1, -0.05) is 182 Å². The van der Waals surface area contributed by atoms with E-state index in [1.54, 1.807) is 0 Å². The predicted molar refractivity (Wildman–Crippen MR) is 265 cm³/mol. The molecule has 0 radical (unpaired) electrons. The lowest BCUT2D eigenvalue weighted by molar-refractivity contribution is -0.160. The van der Waals surface area contributed by atoms with Gasteiger partial charge >= 0.3 is 5.97 Å². The van der Waals surface area contributed by atoms with E-state index in [9.17, 15) is 4.79 Å². The molecule has 2 saturated heterocycles. The SMILES string of the molecule is CCCCCCCCCCCCCCCCC[C@H](O[Si](C)(C)C(C)(C)C)[C@@H]1C[C@@H](O[Si](C)(C)C(C)(C)C)[C@@H]([C@@H]2CC[C@@H]([C@@H](CCCCCOCc3ccccc3)OC(C)=O)O2)O1. The van der Waals surface area contributed by atoms with Crippen molar-refractivity contribution >= 4 is 22.6 Å². The van der Waals surface area contributed by atoms with Crippen LogP contribution in [0.1, 0.15) is 209 Å². The molecular formula is C53H98O7Si2. The van der Waals surface area contributed by atoms with E-state index in [4.69, 9.17) is 27.8 Å². The minimum absolute atomic E-state index is 0.0356. The van der Waals surface area contributed by atoms with Gasteiger partial charge in [-0.25, -0.2) is 0 Å². The molecule has 0 aliphatic carbocycles. The average molecular weight is 904 g/mol. The average Bonchev–Trinajstić information content (AvgIpc) is 3.85. The second kappa shape index (κ2) is 28.2. The van der Waals surface area contributed by atoms with Crippen molar-refractivity contribution in [3.05, 3.63) is 35.9 Å². The number of esters is 1. The van der Waals surface area contributed by atoms with Crippen LogP contribution in [-0.2, 0) is 39.2 Å². The maximum atomic E-state index is 12.4. The van der Waals surface area contributed by atoms with Crippen molar-refractivity contribution in [2.75, 3.05) is 6.61 Å². The summed E-state index contributed by atoms with van der Waals surface area (Å²) in [7, 11) is -4.20. The van der Waals surface area contributed by atoms with Crippen LogP contribution in [0.4, 0.5) is 0 Å². The number of ether oxygens (including phenoxy) is 4. The Bertz CT molecular complexity index is 1330. The third-order valence-electron chi connectivity index (χ3n) is 14.7. The molecule has 2 heterocycles. The van der Waals surface area contributed by atoms with Crippen LogP contribution < -0.4 is 0 Å². The zero-order chi connectivity index (χ0) is 45.7. The largest absolute Gasteiger partial charge is 0.460 e. The Morgan fingerprint density at radius 3 is 1.71 bits per heavy atom. The molecule has 0 unspecified atom stereocenters. The van der Waals surface area contributed by atoms with Crippen molar-refractivity contribution < 1.29 is 32.6 Å². The highest BCUT2D eigenvalue weighted by Gasteiger charge is 2.52. The third-order valence-corrected chi connectivity index (χ3v) is 23.8. The summed E-state index contributed by atoms with van der Waals surface area (Å²) in [4.78, 5) is 12.4. The summed E-state index contributed by atoms with van der Waals surface area (Å²) < 4.78 is 40.7. The molecule has 62 heavy (non-hydrogen) atoms. The van der Waals surface area contributed by atoms with Gasteiger partial charge < -0.3 is 27.8 Å². The summed E-state index contributed by atoms with van der Waals surface area (Å²) in [6, 6.07) is 10.3. The molecule has 2 aliphatic rings. The van der Waals surface area contributed by atoms with Crippen molar-refractivity contribution in [2.24, 2.45) is 0 Å². The first kappa shape index (κ1) is 55.3. The van der Waals surface area contributed by atoms with Crippen LogP contribution >= 0.6 is 0 Å². The quantitative estimate of drug-likeness (QED) is 0.0405. The van der Waals surface area contributed by atoms with Crippen molar-refractivity contribution in [2.45, 2.75) is 289 Å². The van der Waals surface area contributed by atoms with Gasteiger partial charge in [0, 0.05) is 20.0 Å². The Morgan fingerprint density at radius 2 is 1.18 bits per heavy atom. The molecule has 3 rings (SSSR count). The van der Waals surface area contributed by atoms with Gasteiger partial charge in [0.05, 0.1) is 37.1 Å². The summed E-state index contributed by atoms with van der Waals surface area (Å²) >= 11 is 0. The van der Waals surface area contributed by atoms with Gasteiger partial charge in [0.25, 0.3) is 0 Å². The van der Waals surface area contributed by atoms with Gasteiger partial charge in [-0.15, -0.1) is 0 Å². The number of carbonyl (C=O) groups excluding carboxylic acids is 1. The number of unbranched alkanes of at least 4 members (excludes halogenated alkanes) is 16. The van der Waals surface area contributed by atoms with Crippen molar-refractivity contribution in [3.63, 3.8) is 0 Å². The smallest absolute Gasteiger partial charge is 0.302 e. The van der Waals surface area contributed by atoms with Crippen LogP contribution in [-0.4, -0.2) is 71.9 Å². The zero-order valence-electron chi connectivity index (χ0n) is 42.5. The van der Waals surface area contributed by atoms with E-state index >= 15 is 0 Å². The molecule has 0 bridgehead atoms. The van der Waals surface area contributed by atoms with Crippen molar-refractivity contribution in [1.29, 1.82) is 0 Å². The fourth-order valence-electron chi connectivity index (χ4n) is 8.77. The third kappa shape index (κ3) is 20.2. The monoisotopic (exact) mass is 903 g/mol. The molecule has 1 aromatic carbocycles. The summed E-state index contributed by atoms with van der Waals surface area (Å²) in [6.07, 6.45) is 27.1. The lowest BCUT2D eigenvalue weighted by atomic mass is 9.99. The van der Waals surface area contributed by atoms with Crippen LogP contribution in [0.3, 0.4) is 0 Å². The van der Waals surface area contributed by atoms with E-state index in [1.165, 1.54) is 109 Å². The van der Waals surface area contributed by atoms with Crippen LogP contribution in [0.25, 0.3) is 0 Å². The van der Waals surface area contributed by atoms with Crippen LogP contribution in [0, 0.1) is 0 Å². The van der Waals surface area contributed by atoms with E-state index in [0.29, 0.717) is 6.61 Å². The minimum Gasteiger partial charge on any atom is -0.460 e. The molecule has 1 aromatic rings. The van der Waals surface area contributed by atoms with Gasteiger partial charge in [-0.05, 0) is 80.4 Å². The normalized spacial score (nSPS) is 22.3. The van der Waals surface area contributed by atoms with Crippen LogP contribution in [0.5, 0.6) is 0 Å². The number of carbonyl (C=O) groups is 1. The summed E-state index contributed by atoms with van der Waals surface area (Å²) in [5, 5.41) is 0.185. The van der Waals surface area contributed by atoms with Gasteiger partial charge in [0.2, 0.25) is 0 Å². The lowest BCUT2D eigenvalue weighted by Gasteiger charge is -2.41. The highest BCUT2D eigenvalue weighted by atomic mass is 28.4. The van der Waals surface area contributed by atoms with Crippen molar-refractivity contribution in [1.82, 2.24) is 0 Å². The van der Waals surface area contributed by atoms with Gasteiger partial charge in [0.1, 0.15) is 12.2 Å². The van der Waals surface area contributed by atoms with Gasteiger partial charge in [-0.2, -0.15) is 0 Å². The minimum atomic E-state index is -2.13. The number of benzene rings is 1. The highest BCUT2D eigenvalue weighted by molar-refractivity contribution is 6.74. The highest BCUT2D eigenvalue weighted by Crippen LogP contribution is 2.45. The molecule has 360 valence electrons. The molecular weight excluding hydrogens is 805 g/mol. The summed E-state index contributed by atoms with van der Waals surface area (Å²) in [5.41, 5.74) is 1.20. The van der Waals surface area contributed by atoms with Crippen LogP contribution in [0.2, 0.25) is 36.3 Å². The Hall–Kier alpha value is -1.08. The molecule has 0 N–H and O–H groups in total. The molecule has 0 saturated carbocycles. The molecule has 7 atom stereocenters. The fraction of sp³-hybridized carbons (Fsp3) is 0.868. The topological polar surface area (TPSA) is 72.5 Å². The summed E-state index contributed by atoms with van der Waals surface area (Å²) in [6.45, 7) is 28.7. The fourth-order valence-corrected chi connectivity index (χ4v) is 11.5. The molecule has 0 aromatic heterocycles. The van der Waals surface area contributed by atoms with E-state index in [1.807, 2.05) is 18.2 Å². The lowest BCUT2D eigenvalue weighted by Crippen LogP contribution is -2.48. The van der Waals surface area contributed by atoms with Crippen molar-refractivity contribution in [3.8, 4) is 0 Å². The Balaban J connectivity index is 1.60. The Kier molecular flexibility index (Phi) is 25.1. The molecule has 0 amide bonds. The second-order valence-corrected chi connectivity index (χ2v) is 31.8. The predicted octanol–water partition coefficient (Wildman–Crippen LogP) is 15.4. The molecule has 2 fully saturated rings. The number of rotatable bonds is 32. The molecule has 9 heteroatoms. The van der Waals surface area contributed by atoms with Gasteiger partial charge in [-0.3, -0.25) is 4.79 Å². The molecule has 0 spiro atoms. The second-order valence-electron chi connectivity index (χ2n) is 22.3. The standard InChI is InChI=1S/C53H98O7Si2/c1-13-14-15-16-17-18-19-20-21-22-23-24-25-26-31-37-47(59-61(9,10)52(3,4)5)49-41-50(60-62(11,12)53(6,7)8)51(58-49)48-39-38-46(57-48)45(56-43(2)54)36-32-28-33-40-55-42-44-34-29-27-30-35-44/h27,29-30,34-35,45-51H,13-26,28,31-33,36-42H2,1-12H3/t45-,46+,47+,48+,49+,50-,51-/m1/s1. The van der Waals surface area contributed by atoms with E-state index in [0.717, 1.165) is 58.0 Å². The first-order valence-corrected chi connectivity index (χ1v) is 31.6. The summed E-state index contributed by atoms with van der Waals surface area (Å²) in [5.74, 6) is -0.242. The van der Waals surface area contributed by atoms with Crippen LogP contribution in [0.15, 0.2) is 30.3 Å². The van der Waals surface area contributed by atoms with E-state index in [-0.39, 0.29) is 58.8 Å². The molecule has 2 aliphatic heterocycles. The zero-order valence-corrected chi connectivity index (χ0v) is 44.5.